The third kappa shape index (κ3) is 3.15. The lowest BCUT2D eigenvalue weighted by molar-refractivity contribution is 0.158. The minimum absolute atomic E-state index is 0.533. The molecular weight excluding hydrogens is 348 g/mol. The van der Waals surface area contributed by atoms with E-state index in [-0.39, 0.29) is 0 Å². The van der Waals surface area contributed by atoms with E-state index in [0.717, 1.165) is 51.3 Å². The highest BCUT2D eigenvalue weighted by Gasteiger charge is 2.24. The first-order chi connectivity index (χ1) is 12.8. The lowest BCUT2D eigenvalue weighted by atomic mass is 10.1. The number of hydrogen-bond acceptors (Lipinski definition) is 8. The summed E-state index contributed by atoms with van der Waals surface area (Å²) in [7, 11) is 2.01. The zero-order valence-electron chi connectivity index (χ0n) is 14.6. The van der Waals surface area contributed by atoms with Gasteiger partial charge >= 0.3 is 0 Å². The number of hydrogen-bond donors (Lipinski definition) is 0. The largest absolute Gasteiger partial charge is 0.396 e. The number of oxime groups is 1. The number of thiazole rings is 1. The van der Waals surface area contributed by atoms with Crippen LogP contribution >= 0.6 is 11.3 Å². The summed E-state index contributed by atoms with van der Waals surface area (Å²) in [5.74, 6) is 0.829. The Morgan fingerprint density at radius 1 is 1.27 bits per heavy atom. The molecule has 4 heterocycles. The molecule has 0 amide bonds. The SMILES string of the molecule is CCON=C1CCN(C)c2ncc(-c3cnc(-c4cccnc4)s3)nc21. The predicted molar refractivity (Wildman–Crippen MR) is 102 cm³/mol. The predicted octanol–water partition coefficient (Wildman–Crippen LogP) is 3.24. The zero-order valence-corrected chi connectivity index (χ0v) is 15.4. The molecule has 3 aromatic heterocycles. The van der Waals surface area contributed by atoms with Gasteiger partial charge in [0.05, 0.1) is 11.1 Å². The molecule has 0 radical (unpaired) electrons. The first-order valence-electron chi connectivity index (χ1n) is 8.40. The zero-order chi connectivity index (χ0) is 17.9. The van der Waals surface area contributed by atoms with E-state index >= 15 is 0 Å². The normalized spacial score (nSPS) is 15.2. The summed E-state index contributed by atoms with van der Waals surface area (Å²) < 4.78 is 0. The van der Waals surface area contributed by atoms with Crippen molar-refractivity contribution in [1.82, 2.24) is 19.9 Å². The Bertz CT molecular complexity index is 940. The van der Waals surface area contributed by atoms with Crippen molar-refractivity contribution in [1.29, 1.82) is 0 Å². The molecule has 8 heteroatoms. The molecule has 1 aliphatic heterocycles. The molecule has 4 rings (SSSR count). The Kier molecular flexibility index (Phi) is 4.57. The molecule has 7 nitrogen and oxygen atoms in total. The van der Waals surface area contributed by atoms with E-state index in [1.54, 1.807) is 23.7 Å². The van der Waals surface area contributed by atoms with Crippen molar-refractivity contribution in [2.24, 2.45) is 5.16 Å². The maximum Gasteiger partial charge on any atom is 0.156 e. The highest BCUT2D eigenvalue weighted by atomic mass is 32.1. The van der Waals surface area contributed by atoms with Crippen LogP contribution in [0.15, 0.2) is 42.1 Å². The molecule has 3 aromatic rings. The van der Waals surface area contributed by atoms with Crippen molar-refractivity contribution >= 4 is 22.9 Å². The number of anilines is 1. The summed E-state index contributed by atoms with van der Waals surface area (Å²) >= 11 is 1.57. The van der Waals surface area contributed by atoms with Crippen LogP contribution in [-0.2, 0) is 4.84 Å². The summed E-state index contributed by atoms with van der Waals surface area (Å²) in [6, 6.07) is 3.90. The fraction of sp³-hybridized carbons (Fsp3) is 0.278. The van der Waals surface area contributed by atoms with Crippen molar-refractivity contribution in [3.8, 4) is 21.1 Å². The van der Waals surface area contributed by atoms with Crippen LogP contribution < -0.4 is 4.90 Å². The second-order valence-corrected chi connectivity index (χ2v) is 6.86. The molecule has 0 fully saturated rings. The van der Waals surface area contributed by atoms with Crippen LogP contribution in [0.25, 0.3) is 21.1 Å². The van der Waals surface area contributed by atoms with Gasteiger partial charge in [-0.25, -0.2) is 15.0 Å². The number of pyridine rings is 1. The molecule has 26 heavy (non-hydrogen) atoms. The topological polar surface area (TPSA) is 76.4 Å². The van der Waals surface area contributed by atoms with Gasteiger partial charge in [-0.15, -0.1) is 11.3 Å². The van der Waals surface area contributed by atoms with Crippen LogP contribution in [0.3, 0.4) is 0 Å². The van der Waals surface area contributed by atoms with Gasteiger partial charge in [0.2, 0.25) is 0 Å². The van der Waals surface area contributed by atoms with Crippen molar-refractivity contribution in [2.75, 3.05) is 25.1 Å². The molecule has 1 aliphatic rings. The summed E-state index contributed by atoms with van der Waals surface area (Å²) in [5.41, 5.74) is 3.40. The van der Waals surface area contributed by atoms with Gasteiger partial charge in [0.1, 0.15) is 28.7 Å². The monoisotopic (exact) mass is 366 g/mol. The smallest absolute Gasteiger partial charge is 0.156 e. The molecule has 0 bridgehead atoms. The van der Waals surface area contributed by atoms with Gasteiger partial charge in [-0.1, -0.05) is 5.16 Å². The van der Waals surface area contributed by atoms with E-state index in [2.05, 4.69) is 25.0 Å². The van der Waals surface area contributed by atoms with Gasteiger partial charge in [-0.2, -0.15) is 0 Å². The van der Waals surface area contributed by atoms with Crippen LogP contribution in [0.5, 0.6) is 0 Å². The van der Waals surface area contributed by atoms with Gasteiger partial charge < -0.3 is 9.74 Å². The van der Waals surface area contributed by atoms with E-state index in [1.807, 2.05) is 38.5 Å². The molecule has 0 saturated carbocycles. The minimum atomic E-state index is 0.533. The molecule has 0 spiro atoms. The first kappa shape index (κ1) is 16.6. The molecule has 0 aliphatic carbocycles. The molecule has 0 N–H and O–H groups in total. The number of fused-ring (bicyclic) bond motifs is 1. The van der Waals surface area contributed by atoms with E-state index < -0.39 is 0 Å². The van der Waals surface area contributed by atoms with Crippen molar-refractivity contribution in [3.05, 3.63) is 42.6 Å². The average molecular weight is 366 g/mol. The fourth-order valence-corrected chi connectivity index (χ4v) is 3.58. The van der Waals surface area contributed by atoms with Crippen LogP contribution in [0.4, 0.5) is 5.82 Å². The second kappa shape index (κ2) is 7.17. The van der Waals surface area contributed by atoms with Crippen LogP contribution in [0, 0.1) is 0 Å². The Morgan fingerprint density at radius 2 is 2.19 bits per heavy atom. The van der Waals surface area contributed by atoms with Crippen molar-refractivity contribution in [3.63, 3.8) is 0 Å². The van der Waals surface area contributed by atoms with E-state index in [4.69, 9.17) is 9.82 Å². The molecule has 0 atom stereocenters. The molecule has 0 unspecified atom stereocenters. The van der Waals surface area contributed by atoms with Crippen LogP contribution in [0.1, 0.15) is 19.0 Å². The third-order valence-corrected chi connectivity index (χ3v) is 5.11. The standard InChI is InChI=1S/C18H18N6OS/c1-3-25-23-13-6-8-24(2)17-16(13)22-14(10-20-17)15-11-21-18(26-15)12-5-4-7-19-9-12/h4-5,7,9-11H,3,6,8H2,1-2H3. The highest BCUT2D eigenvalue weighted by Crippen LogP contribution is 2.32. The molecular formula is C18H18N6OS. The Balaban J connectivity index is 1.72. The number of aromatic nitrogens is 4. The molecule has 0 aromatic carbocycles. The molecule has 132 valence electrons. The minimum Gasteiger partial charge on any atom is -0.396 e. The van der Waals surface area contributed by atoms with Crippen molar-refractivity contribution < 1.29 is 4.84 Å². The Morgan fingerprint density at radius 3 is 3.00 bits per heavy atom. The fourth-order valence-electron chi connectivity index (χ4n) is 2.72. The summed E-state index contributed by atoms with van der Waals surface area (Å²) in [5, 5.41) is 5.14. The second-order valence-electron chi connectivity index (χ2n) is 5.83. The van der Waals surface area contributed by atoms with E-state index in [1.165, 1.54) is 0 Å². The number of rotatable bonds is 4. The summed E-state index contributed by atoms with van der Waals surface area (Å²) in [6.07, 6.45) is 7.96. The van der Waals surface area contributed by atoms with Crippen molar-refractivity contribution in [2.45, 2.75) is 13.3 Å². The number of nitrogens with zero attached hydrogens (tertiary/aromatic N) is 6. The van der Waals surface area contributed by atoms with Gasteiger partial charge in [-0.05, 0) is 19.1 Å². The first-order valence-corrected chi connectivity index (χ1v) is 9.22. The Labute approximate surface area is 155 Å². The van der Waals surface area contributed by atoms with Crippen LogP contribution in [0.2, 0.25) is 0 Å². The van der Waals surface area contributed by atoms with Gasteiger partial charge in [0.15, 0.2) is 5.82 Å². The van der Waals surface area contributed by atoms with Gasteiger partial charge in [-0.3, -0.25) is 4.98 Å². The van der Waals surface area contributed by atoms with Gasteiger partial charge in [0, 0.05) is 44.2 Å². The maximum absolute atomic E-state index is 5.26. The summed E-state index contributed by atoms with van der Waals surface area (Å²) in [4.78, 5) is 26.4. The van der Waals surface area contributed by atoms with E-state index in [0.29, 0.717) is 6.61 Å². The van der Waals surface area contributed by atoms with Gasteiger partial charge in [0.25, 0.3) is 0 Å². The highest BCUT2D eigenvalue weighted by molar-refractivity contribution is 7.18. The van der Waals surface area contributed by atoms with Crippen LogP contribution in [-0.4, -0.2) is 45.8 Å². The third-order valence-electron chi connectivity index (χ3n) is 4.04. The average Bonchev–Trinajstić information content (AvgIpc) is 3.18. The quantitative estimate of drug-likeness (QED) is 0.660. The summed E-state index contributed by atoms with van der Waals surface area (Å²) in [6.45, 7) is 3.29. The Hall–Kier alpha value is -2.87. The lowest BCUT2D eigenvalue weighted by Gasteiger charge is -2.26. The maximum atomic E-state index is 5.26. The molecule has 0 saturated heterocycles. The van der Waals surface area contributed by atoms with E-state index in [9.17, 15) is 0 Å². The lowest BCUT2D eigenvalue weighted by Crippen LogP contribution is -2.30.